The predicted molar refractivity (Wildman–Crippen MR) is 76.7 cm³/mol. The van der Waals surface area contributed by atoms with E-state index in [2.05, 4.69) is 0 Å². The van der Waals surface area contributed by atoms with E-state index >= 15 is 0 Å². The summed E-state index contributed by atoms with van der Waals surface area (Å²) in [5.41, 5.74) is 2.12. The van der Waals surface area contributed by atoms with Gasteiger partial charge in [0, 0.05) is 10.6 Å². The zero-order valence-corrected chi connectivity index (χ0v) is 11.6. The molecule has 1 atom stereocenters. The molecule has 2 aromatic carbocycles. The first-order valence-corrected chi connectivity index (χ1v) is 6.53. The van der Waals surface area contributed by atoms with Gasteiger partial charge in [-0.05, 0) is 30.2 Å². The zero-order valence-electron chi connectivity index (χ0n) is 10.1. The number of hydrogen-bond donors (Lipinski definition) is 0. The van der Waals surface area contributed by atoms with Gasteiger partial charge in [-0.2, -0.15) is 0 Å². The molecule has 1 nitrogen and oxygen atoms in total. The molecule has 0 radical (unpaired) electrons. The van der Waals surface area contributed by atoms with E-state index in [1.807, 2.05) is 48.5 Å². The molecular weight excluding hydrogens is 267 g/mol. The van der Waals surface area contributed by atoms with Crippen LogP contribution in [0, 0.1) is 0 Å². The van der Waals surface area contributed by atoms with Crippen molar-refractivity contribution in [3.8, 4) is 5.75 Å². The van der Waals surface area contributed by atoms with Crippen molar-refractivity contribution in [2.75, 3.05) is 7.11 Å². The van der Waals surface area contributed by atoms with Crippen LogP contribution in [0.1, 0.15) is 16.5 Å². The lowest BCUT2D eigenvalue weighted by atomic mass is 10.0. The molecule has 0 saturated carbocycles. The summed E-state index contributed by atoms with van der Waals surface area (Å²) in [6, 6.07) is 15.6. The lowest BCUT2D eigenvalue weighted by Gasteiger charge is -2.14. The maximum Gasteiger partial charge on any atom is 0.123 e. The Balaban J connectivity index is 2.19. The standard InChI is InChI=1S/C15H14Cl2O/c1-18-15-8-3-2-7-13(15)14(17)10-11-5-4-6-12(16)9-11/h2-9,14H,10H2,1H3. The monoisotopic (exact) mass is 280 g/mol. The smallest absolute Gasteiger partial charge is 0.123 e. The molecule has 18 heavy (non-hydrogen) atoms. The first-order valence-electron chi connectivity index (χ1n) is 5.72. The van der Waals surface area contributed by atoms with E-state index in [0.29, 0.717) is 0 Å². The number of para-hydroxylation sites is 1. The lowest BCUT2D eigenvalue weighted by molar-refractivity contribution is 0.409. The van der Waals surface area contributed by atoms with Gasteiger partial charge in [0.15, 0.2) is 0 Å². The molecule has 0 spiro atoms. The van der Waals surface area contributed by atoms with Crippen molar-refractivity contribution < 1.29 is 4.74 Å². The molecule has 94 valence electrons. The third-order valence-electron chi connectivity index (χ3n) is 2.78. The Hall–Kier alpha value is -1.18. The second-order valence-electron chi connectivity index (χ2n) is 4.04. The molecule has 0 aliphatic heterocycles. The van der Waals surface area contributed by atoms with Crippen molar-refractivity contribution in [2.45, 2.75) is 11.8 Å². The minimum Gasteiger partial charge on any atom is -0.496 e. The maximum atomic E-state index is 6.45. The normalized spacial score (nSPS) is 12.2. The van der Waals surface area contributed by atoms with Crippen LogP contribution >= 0.6 is 23.2 Å². The molecule has 3 heteroatoms. The highest BCUT2D eigenvalue weighted by Gasteiger charge is 2.13. The minimum atomic E-state index is -0.125. The molecule has 0 aliphatic rings. The fourth-order valence-corrected chi connectivity index (χ4v) is 2.48. The minimum absolute atomic E-state index is 0.125. The topological polar surface area (TPSA) is 9.23 Å². The van der Waals surface area contributed by atoms with Gasteiger partial charge in [0.25, 0.3) is 0 Å². The SMILES string of the molecule is COc1ccccc1C(Cl)Cc1cccc(Cl)c1. The first-order chi connectivity index (χ1) is 8.70. The van der Waals surface area contributed by atoms with Crippen molar-refractivity contribution in [3.05, 3.63) is 64.7 Å². The van der Waals surface area contributed by atoms with Crippen LogP contribution in [0.15, 0.2) is 48.5 Å². The summed E-state index contributed by atoms with van der Waals surface area (Å²) in [6.07, 6.45) is 0.725. The van der Waals surface area contributed by atoms with Crippen LogP contribution in [0.3, 0.4) is 0 Å². The van der Waals surface area contributed by atoms with Crippen molar-refractivity contribution in [1.29, 1.82) is 0 Å². The number of alkyl halides is 1. The van der Waals surface area contributed by atoms with Crippen LogP contribution in [0.5, 0.6) is 5.75 Å². The highest BCUT2D eigenvalue weighted by molar-refractivity contribution is 6.30. The van der Waals surface area contributed by atoms with Gasteiger partial charge in [-0.15, -0.1) is 11.6 Å². The summed E-state index contributed by atoms with van der Waals surface area (Å²) in [6.45, 7) is 0. The third-order valence-corrected chi connectivity index (χ3v) is 3.40. The van der Waals surface area contributed by atoms with Gasteiger partial charge in [0.2, 0.25) is 0 Å². The van der Waals surface area contributed by atoms with Gasteiger partial charge >= 0.3 is 0 Å². The van der Waals surface area contributed by atoms with Gasteiger partial charge in [0.05, 0.1) is 12.5 Å². The van der Waals surface area contributed by atoms with Gasteiger partial charge in [-0.3, -0.25) is 0 Å². The number of benzene rings is 2. The average Bonchev–Trinajstić information content (AvgIpc) is 2.38. The fraction of sp³-hybridized carbons (Fsp3) is 0.200. The molecule has 0 aliphatic carbocycles. The summed E-state index contributed by atoms with van der Waals surface area (Å²) in [5.74, 6) is 0.819. The van der Waals surface area contributed by atoms with Gasteiger partial charge in [-0.1, -0.05) is 41.9 Å². The molecule has 0 N–H and O–H groups in total. The maximum absolute atomic E-state index is 6.45. The summed E-state index contributed by atoms with van der Waals surface area (Å²) in [5, 5.41) is 0.607. The highest BCUT2D eigenvalue weighted by atomic mass is 35.5. The molecule has 2 aromatic rings. The zero-order chi connectivity index (χ0) is 13.0. The Morgan fingerprint density at radius 3 is 2.61 bits per heavy atom. The summed E-state index contributed by atoms with van der Waals surface area (Å²) in [7, 11) is 1.65. The molecule has 0 aromatic heterocycles. The van der Waals surface area contributed by atoms with E-state index in [-0.39, 0.29) is 5.38 Å². The van der Waals surface area contributed by atoms with E-state index in [1.165, 1.54) is 0 Å². The van der Waals surface area contributed by atoms with Crippen LogP contribution in [0.4, 0.5) is 0 Å². The Morgan fingerprint density at radius 1 is 1.11 bits per heavy atom. The quantitative estimate of drug-likeness (QED) is 0.726. The van der Waals surface area contributed by atoms with E-state index < -0.39 is 0 Å². The summed E-state index contributed by atoms with van der Waals surface area (Å²) >= 11 is 12.4. The van der Waals surface area contributed by atoms with Crippen molar-refractivity contribution >= 4 is 23.2 Å². The van der Waals surface area contributed by atoms with Crippen molar-refractivity contribution in [3.63, 3.8) is 0 Å². The van der Waals surface area contributed by atoms with Crippen LogP contribution in [-0.4, -0.2) is 7.11 Å². The Kier molecular flexibility index (Phi) is 4.51. The van der Waals surface area contributed by atoms with Gasteiger partial charge < -0.3 is 4.74 Å². The molecule has 1 unspecified atom stereocenters. The average molecular weight is 281 g/mol. The first kappa shape index (κ1) is 13.3. The molecule has 0 amide bonds. The number of halogens is 2. The van der Waals surface area contributed by atoms with E-state index in [9.17, 15) is 0 Å². The molecule has 0 saturated heterocycles. The van der Waals surface area contributed by atoms with Crippen molar-refractivity contribution in [2.24, 2.45) is 0 Å². The van der Waals surface area contributed by atoms with Gasteiger partial charge in [0.1, 0.15) is 5.75 Å². The number of hydrogen-bond acceptors (Lipinski definition) is 1. The highest BCUT2D eigenvalue weighted by Crippen LogP contribution is 2.32. The molecule has 0 bridgehead atoms. The predicted octanol–water partition coefficient (Wildman–Crippen LogP) is 4.87. The fourth-order valence-electron chi connectivity index (χ4n) is 1.91. The molecule has 0 fully saturated rings. The number of methoxy groups -OCH3 is 1. The third kappa shape index (κ3) is 3.18. The van der Waals surface area contributed by atoms with Crippen LogP contribution < -0.4 is 4.74 Å². The van der Waals surface area contributed by atoms with Crippen molar-refractivity contribution in [1.82, 2.24) is 0 Å². The van der Waals surface area contributed by atoms with E-state index in [4.69, 9.17) is 27.9 Å². The van der Waals surface area contributed by atoms with Crippen LogP contribution in [0.2, 0.25) is 5.02 Å². The summed E-state index contributed by atoms with van der Waals surface area (Å²) < 4.78 is 5.32. The number of ether oxygens (including phenoxy) is 1. The second kappa shape index (κ2) is 6.12. The molecule has 2 rings (SSSR count). The van der Waals surface area contributed by atoms with Gasteiger partial charge in [-0.25, -0.2) is 0 Å². The Labute approximate surface area is 117 Å². The lowest BCUT2D eigenvalue weighted by Crippen LogP contribution is -1.99. The largest absolute Gasteiger partial charge is 0.496 e. The molecule has 0 heterocycles. The van der Waals surface area contributed by atoms with Crippen LogP contribution in [0.25, 0.3) is 0 Å². The number of rotatable bonds is 4. The second-order valence-corrected chi connectivity index (χ2v) is 5.01. The van der Waals surface area contributed by atoms with Crippen LogP contribution in [-0.2, 0) is 6.42 Å². The van der Waals surface area contributed by atoms with E-state index in [0.717, 1.165) is 28.3 Å². The Morgan fingerprint density at radius 2 is 1.89 bits per heavy atom. The summed E-state index contributed by atoms with van der Waals surface area (Å²) in [4.78, 5) is 0. The van der Waals surface area contributed by atoms with E-state index in [1.54, 1.807) is 7.11 Å². The molecular formula is C15H14Cl2O. The Bertz CT molecular complexity index is 525.